The third-order valence-corrected chi connectivity index (χ3v) is 6.09. The largest absolute Gasteiger partial charge is 0.385 e. The first-order valence-electron chi connectivity index (χ1n) is 9.70. The summed E-state index contributed by atoms with van der Waals surface area (Å²) in [6.07, 6.45) is 4.68. The quantitative estimate of drug-likeness (QED) is 0.388. The van der Waals surface area contributed by atoms with Crippen molar-refractivity contribution in [2.75, 3.05) is 20.3 Å². The predicted octanol–water partition coefficient (Wildman–Crippen LogP) is 5.19. The highest BCUT2D eigenvalue weighted by atomic mass is 35.5. The summed E-state index contributed by atoms with van der Waals surface area (Å²) >= 11 is 18.4. The zero-order valence-electron chi connectivity index (χ0n) is 16.5. The van der Waals surface area contributed by atoms with Crippen LogP contribution in [0.1, 0.15) is 29.9 Å². The molecule has 5 nitrogen and oxygen atoms in total. The number of ether oxygens (including phenoxy) is 1. The first kappa shape index (κ1) is 21.1. The van der Waals surface area contributed by atoms with Gasteiger partial charge in [-0.1, -0.05) is 29.3 Å². The van der Waals surface area contributed by atoms with Crippen LogP contribution in [0.25, 0.3) is 5.69 Å². The van der Waals surface area contributed by atoms with E-state index in [0.29, 0.717) is 21.8 Å². The molecule has 3 aromatic rings. The summed E-state index contributed by atoms with van der Waals surface area (Å²) < 4.78 is 7.35. The Morgan fingerprint density at radius 2 is 2.03 bits per heavy atom. The highest BCUT2D eigenvalue weighted by Crippen LogP contribution is 2.40. The topological polar surface area (TPSA) is 42.3 Å². The van der Waals surface area contributed by atoms with Gasteiger partial charge in [0.25, 0.3) is 0 Å². The third-order valence-electron chi connectivity index (χ3n) is 5.20. The molecule has 0 unspecified atom stereocenters. The molecular formula is C22H22Cl2N4OS. The predicted molar refractivity (Wildman–Crippen MR) is 124 cm³/mol. The van der Waals surface area contributed by atoms with Crippen molar-refractivity contribution in [3.05, 3.63) is 82.4 Å². The minimum absolute atomic E-state index is 0.0500. The molecule has 1 N–H and O–H groups in total. The summed E-state index contributed by atoms with van der Waals surface area (Å²) in [5.74, 6) is 0. The lowest BCUT2D eigenvalue weighted by Gasteiger charge is -2.29. The van der Waals surface area contributed by atoms with Gasteiger partial charge in [-0.25, -0.2) is 0 Å². The molecule has 0 aliphatic carbocycles. The van der Waals surface area contributed by atoms with E-state index in [0.717, 1.165) is 30.0 Å². The number of hydrogen-bond acceptors (Lipinski definition) is 3. The molecule has 8 heteroatoms. The fourth-order valence-electron chi connectivity index (χ4n) is 3.88. The highest BCUT2D eigenvalue weighted by Gasteiger charge is 2.41. The molecule has 3 heterocycles. The molecule has 1 fully saturated rings. The van der Waals surface area contributed by atoms with Crippen molar-refractivity contribution in [1.29, 1.82) is 0 Å². The maximum absolute atomic E-state index is 6.53. The van der Waals surface area contributed by atoms with Crippen molar-refractivity contribution < 1.29 is 4.74 Å². The molecule has 0 bridgehead atoms. The Balaban J connectivity index is 1.78. The first-order valence-corrected chi connectivity index (χ1v) is 10.9. The second-order valence-electron chi connectivity index (χ2n) is 7.07. The lowest BCUT2D eigenvalue weighted by molar-refractivity contribution is 0.180. The van der Waals surface area contributed by atoms with Crippen molar-refractivity contribution in [2.24, 2.45) is 0 Å². The van der Waals surface area contributed by atoms with Gasteiger partial charge in [0.05, 0.1) is 28.5 Å². The Kier molecular flexibility index (Phi) is 6.58. The average Bonchev–Trinajstić information content (AvgIpc) is 3.33. The summed E-state index contributed by atoms with van der Waals surface area (Å²) in [6, 6.07) is 15.4. The van der Waals surface area contributed by atoms with Gasteiger partial charge >= 0.3 is 0 Å². The number of hydrogen-bond donors (Lipinski definition) is 1. The second-order valence-corrected chi connectivity index (χ2v) is 8.30. The van der Waals surface area contributed by atoms with Gasteiger partial charge < -0.3 is 19.5 Å². The molecule has 4 rings (SSSR count). The maximum Gasteiger partial charge on any atom is 0.170 e. The summed E-state index contributed by atoms with van der Waals surface area (Å²) in [5.41, 5.74) is 2.88. The van der Waals surface area contributed by atoms with Crippen molar-refractivity contribution in [3.8, 4) is 5.69 Å². The number of rotatable bonds is 7. The van der Waals surface area contributed by atoms with Crippen LogP contribution in [-0.2, 0) is 4.74 Å². The van der Waals surface area contributed by atoms with E-state index in [-0.39, 0.29) is 12.1 Å². The minimum atomic E-state index is -0.0824. The lowest BCUT2D eigenvalue weighted by atomic mass is 10.0. The fourth-order valence-corrected chi connectivity index (χ4v) is 4.71. The minimum Gasteiger partial charge on any atom is -0.385 e. The normalized spacial score (nSPS) is 18.6. The van der Waals surface area contributed by atoms with Crippen LogP contribution in [0.5, 0.6) is 0 Å². The van der Waals surface area contributed by atoms with Gasteiger partial charge in [-0.15, -0.1) is 0 Å². The molecule has 30 heavy (non-hydrogen) atoms. The zero-order chi connectivity index (χ0) is 21.1. The summed E-state index contributed by atoms with van der Waals surface area (Å²) in [6.45, 7) is 1.44. The molecule has 2 atom stereocenters. The molecule has 156 valence electrons. The Bertz CT molecular complexity index is 1030. The van der Waals surface area contributed by atoms with Crippen LogP contribution in [0.3, 0.4) is 0 Å². The molecule has 2 aromatic heterocycles. The van der Waals surface area contributed by atoms with Gasteiger partial charge in [0.1, 0.15) is 0 Å². The fraction of sp³-hybridized carbons (Fsp3) is 0.273. The molecule has 0 radical (unpaired) electrons. The van der Waals surface area contributed by atoms with Crippen LogP contribution in [0.2, 0.25) is 10.0 Å². The number of halogens is 2. The Morgan fingerprint density at radius 3 is 2.77 bits per heavy atom. The van der Waals surface area contributed by atoms with E-state index in [1.807, 2.05) is 42.6 Å². The maximum atomic E-state index is 6.53. The van der Waals surface area contributed by atoms with Crippen LogP contribution in [-0.4, -0.2) is 39.8 Å². The second kappa shape index (κ2) is 9.35. The molecular weight excluding hydrogens is 439 g/mol. The van der Waals surface area contributed by atoms with Gasteiger partial charge in [-0.05, 0) is 61.1 Å². The van der Waals surface area contributed by atoms with E-state index in [9.17, 15) is 0 Å². The van der Waals surface area contributed by atoms with E-state index < -0.39 is 0 Å². The van der Waals surface area contributed by atoms with E-state index in [1.54, 1.807) is 19.4 Å². The van der Waals surface area contributed by atoms with Gasteiger partial charge in [0.2, 0.25) is 0 Å². The SMILES string of the molecule is COCCCN1C(=S)N[C@@H](c2ccccn2)[C@@H]1c1cccn1-c1ccc(Cl)cc1Cl. The van der Waals surface area contributed by atoms with Crippen LogP contribution in [0.15, 0.2) is 60.9 Å². The highest BCUT2D eigenvalue weighted by molar-refractivity contribution is 7.80. The number of thiocarbonyl (C=S) groups is 1. The van der Waals surface area contributed by atoms with Gasteiger partial charge in [-0.2, -0.15) is 0 Å². The molecule has 1 aliphatic rings. The monoisotopic (exact) mass is 460 g/mol. The van der Waals surface area contributed by atoms with E-state index >= 15 is 0 Å². The van der Waals surface area contributed by atoms with Crippen molar-refractivity contribution in [1.82, 2.24) is 19.8 Å². The number of methoxy groups -OCH3 is 1. The van der Waals surface area contributed by atoms with Gasteiger partial charge in [0, 0.05) is 43.4 Å². The van der Waals surface area contributed by atoms with Crippen LogP contribution in [0.4, 0.5) is 0 Å². The standard InChI is InChI=1S/C22H22Cl2N4OS/c1-29-13-5-12-28-21(20(26-22(28)30)17-6-2-3-10-25-17)19-7-4-11-27(19)18-9-8-15(23)14-16(18)24/h2-4,6-11,14,20-21H,5,12-13H2,1H3,(H,26,30)/t20-,21-/m0/s1. The van der Waals surface area contributed by atoms with E-state index in [4.69, 9.17) is 40.2 Å². The molecule has 0 saturated carbocycles. The average molecular weight is 461 g/mol. The van der Waals surface area contributed by atoms with Crippen LogP contribution >= 0.6 is 35.4 Å². The summed E-state index contributed by atoms with van der Waals surface area (Å²) in [7, 11) is 1.71. The summed E-state index contributed by atoms with van der Waals surface area (Å²) in [5, 5.41) is 5.38. The third kappa shape index (κ3) is 4.18. The number of nitrogens with one attached hydrogen (secondary N) is 1. The smallest absolute Gasteiger partial charge is 0.170 e. The van der Waals surface area contributed by atoms with Crippen LogP contribution < -0.4 is 5.32 Å². The Labute approximate surface area is 191 Å². The van der Waals surface area contributed by atoms with Crippen molar-refractivity contribution >= 4 is 40.5 Å². The number of pyridine rings is 1. The first-order chi connectivity index (χ1) is 14.6. The van der Waals surface area contributed by atoms with Crippen molar-refractivity contribution in [2.45, 2.75) is 18.5 Å². The molecule has 1 saturated heterocycles. The van der Waals surface area contributed by atoms with Crippen molar-refractivity contribution in [3.63, 3.8) is 0 Å². The zero-order valence-corrected chi connectivity index (χ0v) is 18.8. The van der Waals surface area contributed by atoms with E-state index in [2.05, 4.69) is 25.8 Å². The summed E-state index contributed by atoms with van der Waals surface area (Å²) in [4.78, 5) is 6.80. The molecule has 1 aliphatic heterocycles. The van der Waals surface area contributed by atoms with Crippen LogP contribution in [0, 0.1) is 0 Å². The molecule has 1 aromatic carbocycles. The Morgan fingerprint density at radius 1 is 1.17 bits per heavy atom. The lowest BCUT2D eigenvalue weighted by Crippen LogP contribution is -2.32. The molecule has 0 amide bonds. The number of nitrogens with zero attached hydrogens (tertiary/aromatic N) is 3. The van der Waals surface area contributed by atoms with Gasteiger partial charge in [0.15, 0.2) is 5.11 Å². The molecule has 0 spiro atoms. The van der Waals surface area contributed by atoms with E-state index in [1.165, 1.54) is 0 Å². The number of benzene rings is 1. The number of aromatic nitrogens is 2. The van der Waals surface area contributed by atoms with Gasteiger partial charge in [-0.3, -0.25) is 4.98 Å². The Hall–Kier alpha value is -2.12.